The summed E-state index contributed by atoms with van der Waals surface area (Å²) in [5.74, 6) is -1.68. The van der Waals surface area contributed by atoms with Gasteiger partial charge in [0.15, 0.2) is 0 Å². The van der Waals surface area contributed by atoms with Crippen LogP contribution in [0.3, 0.4) is 0 Å². The highest BCUT2D eigenvalue weighted by molar-refractivity contribution is 5.89. The quantitative estimate of drug-likeness (QED) is 0.683. The zero-order valence-electron chi connectivity index (χ0n) is 17.1. The Hall–Kier alpha value is -2.96. The number of rotatable bonds is 7. The minimum absolute atomic E-state index is 0.00999. The first-order chi connectivity index (χ1) is 14.5. The van der Waals surface area contributed by atoms with Gasteiger partial charge in [-0.05, 0) is 48.9 Å². The fraction of sp³-hybridized carbons (Fsp3) is 0.391. The molecule has 7 heteroatoms. The Bertz CT molecular complexity index is 904. The predicted molar refractivity (Wildman–Crippen MR) is 112 cm³/mol. The number of hydrogen-bond acceptors (Lipinski definition) is 2. The first-order valence-electron chi connectivity index (χ1n) is 10.4. The van der Waals surface area contributed by atoms with Gasteiger partial charge in [0.1, 0.15) is 11.6 Å². The van der Waals surface area contributed by atoms with Crippen LogP contribution in [0.15, 0.2) is 42.5 Å². The molecule has 30 heavy (non-hydrogen) atoms. The maximum Gasteiger partial charge on any atom is 0.321 e. The Morgan fingerprint density at radius 1 is 1.13 bits per heavy atom. The van der Waals surface area contributed by atoms with Crippen LogP contribution in [0.5, 0.6) is 0 Å². The van der Waals surface area contributed by atoms with Crippen molar-refractivity contribution in [2.45, 2.75) is 45.1 Å². The Kier molecular flexibility index (Phi) is 7.38. The van der Waals surface area contributed by atoms with E-state index in [2.05, 4.69) is 16.7 Å². The number of urea groups is 1. The molecule has 0 aliphatic heterocycles. The van der Waals surface area contributed by atoms with Crippen LogP contribution in [0.25, 0.3) is 0 Å². The van der Waals surface area contributed by atoms with Gasteiger partial charge < -0.3 is 15.5 Å². The largest absolute Gasteiger partial charge is 0.349 e. The predicted octanol–water partition coefficient (Wildman–Crippen LogP) is 4.79. The van der Waals surface area contributed by atoms with Crippen molar-refractivity contribution < 1.29 is 18.4 Å². The van der Waals surface area contributed by atoms with Crippen molar-refractivity contribution in [1.29, 1.82) is 0 Å². The average Bonchev–Trinajstić information content (AvgIpc) is 2.73. The number of carbonyl (C=O) groups is 2. The highest BCUT2D eigenvalue weighted by atomic mass is 19.1. The molecule has 2 N–H and O–H groups in total. The monoisotopic (exact) mass is 415 g/mol. The van der Waals surface area contributed by atoms with E-state index >= 15 is 0 Å². The third-order valence-electron chi connectivity index (χ3n) is 5.27. The number of benzene rings is 2. The molecule has 3 rings (SSSR count). The van der Waals surface area contributed by atoms with E-state index in [-0.39, 0.29) is 30.6 Å². The van der Waals surface area contributed by atoms with Crippen molar-refractivity contribution in [2.24, 2.45) is 0 Å². The molecule has 0 spiro atoms. The first kappa shape index (κ1) is 21.7. The number of halogens is 2. The van der Waals surface area contributed by atoms with Crippen LogP contribution in [0, 0.1) is 11.6 Å². The van der Waals surface area contributed by atoms with Crippen molar-refractivity contribution in [3.8, 4) is 0 Å². The normalized spacial score (nSPS) is 15.2. The summed E-state index contributed by atoms with van der Waals surface area (Å²) in [6, 6.07) is 10.6. The van der Waals surface area contributed by atoms with E-state index in [1.165, 1.54) is 16.5 Å². The zero-order valence-corrected chi connectivity index (χ0v) is 17.1. The standard InChI is InChI=1S/C23H27F2N3O2/c1-2-13-28(23(30)27-21-11-10-17(24)15-19(21)25)14-12-22(29)26-20-9-5-7-16-6-3-4-8-18(16)20/h3-4,6,8,10-11,15,20H,2,5,7,9,12-14H2,1H3,(H,26,29)(H,27,30). The minimum Gasteiger partial charge on any atom is -0.349 e. The van der Waals surface area contributed by atoms with E-state index < -0.39 is 17.7 Å². The van der Waals surface area contributed by atoms with Crippen molar-refractivity contribution in [1.82, 2.24) is 10.2 Å². The summed E-state index contributed by atoms with van der Waals surface area (Å²) >= 11 is 0. The lowest BCUT2D eigenvalue weighted by Crippen LogP contribution is -2.39. The highest BCUT2D eigenvalue weighted by Crippen LogP contribution is 2.29. The third-order valence-corrected chi connectivity index (χ3v) is 5.27. The molecule has 0 saturated carbocycles. The number of aryl methyl sites for hydroxylation is 1. The number of anilines is 1. The molecule has 1 aliphatic carbocycles. The van der Waals surface area contributed by atoms with E-state index in [0.717, 1.165) is 37.0 Å². The molecule has 2 aromatic rings. The van der Waals surface area contributed by atoms with Gasteiger partial charge in [-0.2, -0.15) is 0 Å². The Balaban J connectivity index is 1.56. The molecule has 1 unspecified atom stereocenters. The molecule has 0 radical (unpaired) electrons. The second-order valence-electron chi connectivity index (χ2n) is 7.50. The SMILES string of the molecule is CCCN(CCC(=O)NC1CCCc2ccccc21)C(=O)Nc1ccc(F)cc1F. The van der Waals surface area contributed by atoms with Gasteiger partial charge in [-0.15, -0.1) is 0 Å². The molecular formula is C23H27F2N3O2. The fourth-order valence-corrected chi connectivity index (χ4v) is 3.78. The second kappa shape index (κ2) is 10.2. The summed E-state index contributed by atoms with van der Waals surface area (Å²) in [6.07, 6.45) is 3.78. The summed E-state index contributed by atoms with van der Waals surface area (Å²) in [4.78, 5) is 26.5. The molecule has 0 saturated heterocycles. The van der Waals surface area contributed by atoms with Crippen molar-refractivity contribution in [3.63, 3.8) is 0 Å². The van der Waals surface area contributed by atoms with Gasteiger partial charge in [-0.3, -0.25) is 4.79 Å². The van der Waals surface area contributed by atoms with Gasteiger partial charge in [0.25, 0.3) is 0 Å². The molecule has 5 nitrogen and oxygen atoms in total. The number of carbonyl (C=O) groups excluding carboxylic acids is 2. The molecule has 1 aliphatic rings. The van der Waals surface area contributed by atoms with Gasteiger partial charge in [-0.1, -0.05) is 31.2 Å². The Morgan fingerprint density at radius 2 is 1.93 bits per heavy atom. The van der Waals surface area contributed by atoms with Crippen LogP contribution < -0.4 is 10.6 Å². The first-order valence-corrected chi connectivity index (χ1v) is 10.4. The molecule has 160 valence electrons. The van der Waals surface area contributed by atoms with Gasteiger partial charge in [0.2, 0.25) is 5.91 Å². The van der Waals surface area contributed by atoms with E-state index in [1.54, 1.807) is 0 Å². The third kappa shape index (κ3) is 5.55. The fourth-order valence-electron chi connectivity index (χ4n) is 3.78. The minimum atomic E-state index is -0.839. The maximum atomic E-state index is 13.8. The van der Waals surface area contributed by atoms with Crippen LogP contribution in [0.2, 0.25) is 0 Å². The zero-order chi connectivity index (χ0) is 21.5. The number of fused-ring (bicyclic) bond motifs is 1. The summed E-state index contributed by atoms with van der Waals surface area (Å²) < 4.78 is 26.9. The molecule has 0 heterocycles. The number of hydrogen-bond donors (Lipinski definition) is 2. The van der Waals surface area contributed by atoms with E-state index in [4.69, 9.17) is 0 Å². The Morgan fingerprint density at radius 3 is 2.70 bits per heavy atom. The lowest BCUT2D eigenvalue weighted by molar-refractivity contribution is -0.122. The lowest BCUT2D eigenvalue weighted by atomic mass is 9.87. The van der Waals surface area contributed by atoms with Crippen molar-refractivity contribution >= 4 is 17.6 Å². The van der Waals surface area contributed by atoms with E-state index in [1.807, 2.05) is 25.1 Å². The number of amides is 3. The van der Waals surface area contributed by atoms with Gasteiger partial charge in [-0.25, -0.2) is 13.6 Å². The smallest absolute Gasteiger partial charge is 0.321 e. The van der Waals surface area contributed by atoms with Gasteiger partial charge >= 0.3 is 6.03 Å². The highest BCUT2D eigenvalue weighted by Gasteiger charge is 2.22. The molecule has 0 bridgehead atoms. The van der Waals surface area contributed by atoms with Crippen LogP contribution in [-0.4, -0.2) is 29.9 Å². The summed E-state index contributed by atoms with van der Waals surface area (Å²) in [5.41, 5.74) is 2.33. The van der Waals surface area contributed by atoms with Crippen LogP contribution >= 0.6 is 0 Å². The topological polar surface area (TPSA) is 61.4 Å². The summed E-state index contributed by atoms with van der Waals surface area (Å²) in [6.45, 7) is 2.55. The molecule has 3 amide bonds. The Labute approximate surface area is 175 Å². The van der Waals surface area contributed by atoms with Crippen LogP contribution in [0.1, 0.15) is 49.8 Å². The number of nitrogens with zero attached hydrogens (tertiary/aromatic N) is 1. The van der Waals surface area contributed by atoms with Crippen LogP contribution in [0.4, 0.5) is 19.3 Å². The summed E-state index contributed by atoms with van der Waals surface area (Å²) in [7, 11) is 0. The molecule has 0 aromatic heterocycles. The summed E-state index contributed by atoms with van der Waals surface area (Å²) in [5, 5.41) is 5.53. The molecule has 1 atom stereocenters. The van der Waals surface area contributed by atoms with Gasteiger partial charge in [0.05, 0.1) is 11.7 Å². The van der Waals surface area contributed by atoms with E-state index in [0.29, 0.717) is 13.0 Å². The van der Waals surface area contributed by atoms with E-state index in [9.17, 15) is 18.4 Å². The molecule has 0 fully saturated rings. The van der Waals surface area contributed by atoms with Gasteiger partial charge in [0, 0.05) is 25.6 Å². The van der Waals surface area contributed by atoms with Crippen LogP contribution in [-0.2, 0) is 11.2 Å². The van der Waals surface area contributed by atoms with Crippen molar-refractivity contribution in [3.05, 3.63) is 65.2 Å². The maximum absolute atomic E-state index is 13.8. The average molecular weight is 415 g/mol. The molecular weight excluding hydrogens is 388 g/mol. The molecule has 2 aromatic carbocycles. The van der Waals surface area contributed by atoms with Crippen molar-refractivity contribution in [2.75, 3.05) is 18.4 Å². The number of nitrogens with one attached hydrogen (secondary N) is 2. The second-order valence-corrected chi connectivity index (χ2v) is 7.50. The lowest BCUT2D eigenvalue weighted by Gasteiger charge is -2.27.